The van der Waals surface area contributed by atoms with Crippen molar-refractivity contribution in [2.75, 3.05) is 5.32 Å². The van der Waals surface area contributed by atoms with Gasteiger partial charge in [-0.1, -0.05) is 24.4 Å². The zero-order valence-corrected chi connectivity index (χ0v) is 13.5. The van der Waals surface area contributed by atoms with E-state index in [0.29, 0.717) is 11.3 Å². The monoisotopic (exact) mass is 352 g/mol. The van der Waals surface area contributed by atoms with Crippen molar-refractivity contribution in [3.05, 3.63) is 57.3 Å². The Labute approximate surface area is 131 Å². The fourth-order valence-corrected chi connectivity index (χ4v) is 2.71. The van der Waals surface area contributed by atoms with Gasteiger partial charge in [0.15, 0.2) is 5.82 Å². The molecule has 3 N–H and O–H groups in total. The van der Waals surface area contributed by atoms with Crippen molar-refractivity contribution in [1.29, 1.82) is 0 Å². The SMILES string of the molecule is Cc1ccc(C)c(Nc2ccc(C(N)=S)c(Br)c2F)c1. The average Bonchev–Trinajstić information content (AvgIpc) is 2.39. The van der Waals surface area contributed by atoms with Gasteiger partial charge in [-0.3, -0.25) is 0 Å². The van der Waals surface area contributed by atoms with Crippen LogP contribution in [0.5, 0.6) is 0 Å². The molecule has 0 amide bonds. The van der Waals surface area contributed by atoms with Gasteiger partial charge in [-0.25, -0.2) is 4.39 Å². The molecule has 2 aromatic carbocycles. The van der Waals surface area contributed by atoms with Crippen LogP contribution >= 0.6 is 28.1 Å². The van der Waals surface area contributed by atoms with Crippen LogP contribution in [0.25, 0.3) is 0 Å². The highest BCUT2D eigenvalue weighted by atomic mass is 79.9. The Morgan fingerprint density at radius 2 is 1.90 bits per heavy atom. The molecule has 0 saturated carbocycles. The molecular weight excluding hydrogens is 339 g/mol. The molecule has 0 aliphatic carbocycles. The van der Waals surface area contributed by atoms with Gasteiger partial charge in [-0.2, -0.15) is 0 Å². The number of anilines is 2. The second-order valence-corrected chi connectivity index (χ2v) is 5.83. The lowest BCUT2D eigenvalue weighted by molar-refractivity contribution is 0.625. The minimum absolute atomic E-state index is 0.161. The Morgan fingerprint density at radius 3 is 2.55 bits per heavy atom. The summed E-state index contributed by atoms with van der Waals surface area (Å²) in [6.45, 7) is 3.96. The number of rotatable bonds is 3. The zero-order valence-electron chi connectivity index (χ0n) is 11.1. The number of benzene rings is 2. The van der Waals surface area contributed by atoms with E-state index in [1.807, 2.05) is 32.0 Å². The minimum Gasteiger partial charge on any atom is -0.389 e. The maximum absolute atomic E-state index is 14.3. The average molecular weight is 353 g/mol. The number of nitrogens with one attached hydrogen (secondary N) is 1. The van der Waals surface area contributed by atoms with E-state index >= 15 is 0 Å². The van der Waals surface area contributed by atoms with Crippen molar-refractivity contribution in [3.8, 4) is 0 Å². The predicted octanol–water partition coefficient (Wildman–Crippen LogP) is 4.58. The van der Waals surface area contributed by atoms with Crippen LogP contribution in [0.15, 0.2) is 34.8 Å². The molecule has 104 valence electrons. The van der Waals surface area contributed by atoms with Gasteiger partial charge in [0.1, 0.15) is 4.99 Å². The molecule has 0 aliphatic heterocycles. The zero-order chi connectivity index (χ0) is 14.9. The maximum atomic E-state index is 14.3. The molecule has 5 heteroatoms. The van der Waals surface area contributed by atoms with Crippen molar-refractivity contribution < 1.29 is 4.39 Å². The lowest BCUT2D eigenvalue weighted by Gasteiger charge is -2.13. The van der Waals surface area contributed by atoms with E-state index in [1.165, 1.54) is 0 Å². The number of halogens is 2. The molecule has 0 radical (unpaired) electrons. The Kier molecular flexibility index (Phi) is 4.40. The molecule has 0 unspecified atom stereocenters. The van der Waals surface area contributed by atoms with Crippen molar-refractivity contribution in [2.45, 2.75) is 13.8 Å². The third-order valence-corrected chi connectivity index (χ3v) is 4.01. The van der Waals surface area contributed by atoms with Crippen LogP contribution < -0.4 is 11.1 Å². The lowest BCUT2D eigenvalue weighted by atomic mass is 10.1. The fraction of sp³-hybridized carbons (Fsp3) is 0.133. The first-order valence-corrected chi connectivity index (χ1v) is 7.22. The first-order chi connectivity index (χ1) is 9.40. The van der Waals surface area contributed by atoms with Gasteiger partial charge in [0.2, 0.25) is 0 Å². The van der Waals surface area contributed by atoms with Crippen LogP contribution in [-0.2, 0) is 0 Å². The molecule has 0 fully saturated rings. The van der Waals surface area contributed by atoms with Crippen molar-refractivity contribution >= 4 is 44.5 Å². The highest BCUT2D eigenvalue weighted by Crippen LogP contribution is 2.30. The fourth-order valence-electron chi connectivity index (χ4n) is 1.85. The molecule has 2 nitrogen and oxygen atoms in total. The van der Waals surface area contributed by atoms with E-state index in [2.05, 4.69) is 21.2 Å². The van der Waals surface area contributed by atoms with E-state index in [1.54, 1.807) is 12.1 Å². The van der Waals surface area contributed by atoms with Crippen LogP contribution in [0.3, 0.4) is 0 Å². The second kappa shape index (κ2) is 5.89. The molecule has 0 aromatic heterocycles. The molecule has 2 rings (SSSR count). The van der Waals surface area contributed by atoms with Crippen LogP contribution in [-0.4, -0.2) is 4.99 Å². The molecule has 20 heavy (non-hydrogen) atoms. The third-order valence-electron chi connectivity index (χ3n) is 3.01. The van der Waals surface area contributed by atoms with Crippen molar-refractivity contribution in [1.82, 2.24) is 0 Å². The van der Waals surface area contributed by atoms with Crippen LogP contribution in [0.4, 0.5) is 15.8 Å². The first-order valence-electron chi connectivity index (χ1n) is 6.02. The van der Waals surface area contributed by atoms with Gasteiger partial charge < -0.3 is 11.1 Å². The van der Waals surface area contributed by atoms with Crippen LogP contribution in [0.1, 0.15) is 16.7 Å². The molecule has 0 bridgehead atoms. The highest BCUT2D eigenvalue weighted by Gasteiger charge is 2.13. The van der Waals surface area contributed by atoms with Gasteiger partial charge in [-0.15, -0.1) is 0 Å². The Hall–Kier alpha value is -1.46. The lowest BCUT2D eigenvalue weighted by Crippen LogP contribution is -2.11. The molecule has 0 atom stereocenters. The summed E-state index contributed by atoms with van der Waals surface area (Å²) in [7, 11) is 0. The Balaban J connectivity index is 2.42. The largest absolute Gasteiger partial charge is 0.389 e. The Morgan fingerprint density at radius 1 is 1.20 bits per heavy atom. The minimum atomic E-state index is -0.406. The number of hydrogen-bond donors (Lipinski definition) is 2. The summed E-state index contributed by atoms with van der Waals surface area (Å²) in [5, 5.41) is 3.10. The van der Waals surface area contributed by atoms with Crippen LogP contribution in [0, 0.1) is 19.7 Å². The maximum Gasteiger partial charge on any atom is 0.161 e. The first kappa shape index (κ1) is 14.9. The topological polar surface area (TPSA) is 38.0 Å². The second-order valence-electron chi connectivity index (χ2n) is 4.60. The standard InChI is InChI=1S/C15H14BrFN2S/c1-8-3-4-9(2)12(7-8)19-11-6-5-10(15(18)20)13(16)14(11)17/h3-7,19H,1-2H3,(H2,18,20). The van der Waals surface area contributed by atoms with Gasteiger partial charge >= 0.3 is 0 Å². The molecule has 0 aliphatic rings. The van der Waals surface area contributed by atoms with Crippen molar-refractivity contribution in [2.24, 2.45) is 5.73 Å². The number of aryl methyl sites for hydroxylation is 2. The van der Waals surface area contributed by atoms with Crippen LogP contribution in [0.2, 0.25) is 0 Å². The summed E-state index contributed by atoms with van der Waals surface area (Å²) >= 11 is 8.08. The molecular formula is C15H14BrFN2S. The molecule has 2 aromatic rings. The number of nitrogens with two attached hydrogens (primary N) is 1. The summed E-state index contributed by atoms with van der Waals surface area (Å²) < 4.78 is 14.6. The Bertz CT molecular complexity index is 686. The van der Waals surface area contributed by atoms with E-state index in [0.717, 1.165) is 16.8 Å². The normalized spacial score (nSPS) is 10.4. The van der Waals surface area contributed by atoms with E-state index < -0.39 is 5.82 Å². The summed E-state index contributed by atoms with van der Waals surface area (Å²) in [6, 6.07) is 9.32. The number of thiocarbonyl (C=S) groups is 1. The molecule has 0 heterocycles. The summed E-state index contributed by atoms with van der Waals surface area (Å²) in [5.41, 5.74) is 9.44. The van der Waals surface area contributed by atoms with Gasteiger partial charge in [0.25, 0.3) is 0 Å². The van der Waals surface area contributed by atoms with Gasteiger partial charge in [-0.05, 0) is 59.1 Å². The summed E-state index contributed by atoms with van der Waals surface area (Å²) in [4.78, 5) is 0.161. The highest BCUT2D eigenvalue weighted by molar-refractivity contribution is 9.10. The number of hydrogen-bond acceptors (Lipinski definition) is 2. The smallest absolute Gasteiger partial charge is 0.161 e. The van der Waals surface area contributed by atoms with E-state index in [9.17, 15) is 4.39 Å². The predicted molar refractivity (Wildman–Crippen MR) is 89.2 cm³/mol. The quantitative estimate of drug-likeness (QED) is 0.793. The van der Waals surface area contributed by atoms with Crippen molar-refractivity contribution in [3.63, 3.8) is 0 Å². The summed E-state index contributed by atoms with van der Waals surface area (Å²) in [6.07, 6.45) is 0. The third kappa shape index (κ3) is 2.99. The van der Waals surface area contributed by atoms with Gasteiger partial charge in [0.05, 0.1) is 10.2 Å². The molecule has 0 saturated heterocycles. The van der Waals surface area contributed by atoms with E-state index in [4.69, 9.17) is 18.0 Å². The summed E-state index contributed by atoms with van der Waals surface area (Å²) in [5.74, 6) is -0.406. The molecule has 0 spiro atoms. The van der Waals surface area contributed by atoms with E-state index in [-0.39, 0.29) is 9.46 Å². The van der Waals surface area contributed by atoms with Gasteiger partial charge in [0, 0.05) is 11.3 Å².